The summed E-state index contributed by atoms with van der Waals surface area (Å²) >= 11 is 0. The van der Waals surface area contributed by atoms with Crippen LogP contribution in [0.3, 0.4) is 0 Å². The van der Waals surface area contributed by atoms with E-state index < -0.39 is 29.7 Å². The fourth-order valence-corrected chi connectivity index (χ4v) is 3.04. The summed E-state index contributed by atoms with van der Waals surface area (Å²) in [5.41, 5.74) is -0.621. The van der Waals surface area contributed by atoms with Gasteiger partial charge in [-0.2, -0.15) is 0 Å². The van der Waals surface area contributed by atoms with E-state index in [2.05, 4.69) is 0 Å². The zero-order valence-corrected chi connectivity index (χ0v) is 13.4. The minimum absolute atomic E-state index is 0.270. The van der Waals surface area contributed by atoms with Gasteiger partial charge in [0.15, 0.2) is 0 Å². The second kappa shape index (κ2) is 6.14. The summed E-state index contributed by atoms with van der Waals surface area (Å²) in [5.74, 6) is -1.25. The second-order valence-electron chi connectivity index (χ2n) is 6.86. The molecule has 0 aromatic heterocycles. The van der Waals surface area contributed by atoms with E-state index in [1.54, 1.807) is 20.8 Å². The Morgan fingerprint density at radius 1 is 1.00 bits per heavy atom. The molecule has 7 nitrogen and oxygen atoms in total. The monoisotopic (exact) mass is 312 g/mol. The molecule has 0 aliphatic carbocycles. The van der Waals surface area contributed by atoms with E-state index in [0.717, 1.165) is 6.42 Å². The van der Waals surface area contributed by atoms with Gasteiger partial charge in [-0.05, 0) is 46.5 Å². The minimum atomic E-state index is -0.979. The van der Waals surface area contributed by atoms with Crippen LogP contribution < -0.4 is 0 Å². The first kappa shape index (κ1) is 16.6. The van der Waals surface area contributed by atoms with Gasteiger partial charge in [-0.25, -0.2) is 9.59 Å². The summed E-state index contributed by atoms with van der Waals surface area (Å²) in [6, 6.07) is -1.37. The maximum atomic E-state index is 12.7. The molecule has 2 fully saturated rings. The molecular formula is C15H24N2O5. The van der Waals surface area contributed by atoms with Gasteiger partial charge in [0, 0.05) is 13.1 Å². The molecule has 0 unspecified atom stereocenters. The van der Waals surface area contributed by atoms with E-state index in [4.69, 9.17) is 4.74 Å². The zero-order valence-electron chi connectivity index (χ0n) is 13.4. The molecule has 124 valence electrons. The number of aliphatic carboxylic acids is 1. The quantitative estimate of drug-likeness (QED) is 0.834. The van der Waals surface area contributed by atoms with Crippen LogP contribution in [-0.4, -0.2) is 63.7 Å². The number of ether oxygens (including phenoxy) is 1. The van der Waals surface area contributed by atoms with Gasteiger partial charge in [0.25, 0.3) is 0 Å². The summed E-state index contributed by atoms with van der Waals surface area (Å²) < 4.78 is 5.34. The van der Waals surface area contributed by atoms with Gasteiger partial charge >= 0.3 is 12.1 Å². The van der Waals surface area contributed by atoms with E-state index in [1.165, 1.54) is 9.80 Å². The van der Waals surface area contributed by atoms with Crippen molar-refractivity contribution in [2.75, 3.05) is 13.1 Å². The number of hydrogen-bond donors (Lipinski definition) is 1. The number of carboxylic acid groups (broad SMARTS) is 1. The van der Waals surface area contributed by atoms with Crippen LogP contribution in [0, 0.1) is 0 Å². The third kappa shape index (κ3) is 3.51. The van der Waals surface area contributed by atoms with Crippen molar-refractivity contribution in [2.45, 2.75) is 64.1 Å². The first-order chi connectivity index (χ1) is 10.2. The van der Waals surface area contributed by atoms with Crippen molar-refractivity contribution in [1.82, 2.24) is 9.80 Å². The Morgan fingerprint density at radius 2 is 1.55 bits per heavy atom. The predicted molar refractivity (Wildman–Crippen MR) is 78.3 cm³/mol. The van der Waals surface area contributed by atoms with Crippen molar-refractivity contribution >= 4 is 18.0 Å². The normalized spacial score (nSPS) is 25.4. The highest BCUT2D eigenvalue weighted by Crippen LogP contribution is 2.26. The third-order valence-corrected chi connectivity index (χ3v) is 3.99. The smallest absolute Gasteiger partial charge is 0.410 e. The number of likely N-dealkylation sites (tertiary alicyclic amines) is 2. The van der Waals surface area contributed by atoms with Crippen molar-refractivity contribution < 1.29 is 24.2 Å². The van der Waals surface area contributed by atoms with Crippen molar-refractivity contribution in [1.29, 1.82) is 0 Å². The first-order valence-electron chi connectivity index (χ1n) is 7.73. The maximum Gasteiger partial charge on any atom is 0.410 e. The van der Waals surface area contributed by atoms with Crippen LogP contribution in [-0.2, 0) is 14.3 Å². The molecular weight excluding hydrogens is 288 g/mol. The average Bonchev–Trinajstić information content (AvgIpc) is 3.05. The van der Waals surface area contributed by atoms with Crippen LogP contribution in [0.4, 0.5) is 4.79 Å². The molecule has 0 bridgehead atoms. The molecule has 2 aliphatic rings. The van der Waals surface area contributed by atoms with E-state index in [0.29, 0.717) is 32.4 Å². The van der Waals surface area contributed by atoms with Crippen molar-refractivity contribution in [3.05, 3.63) is 0 Å². The molecule has 7 heteroatoms. The summed E-state index contributed by atoms with van der Waals surface area (Å²) in [6.45, 7) is 6.24. The number of carbonyl (C=O) groups excluding carboxylic acids is 2. The van der Waals surface area contributed by atoms with Crippen molar-refractivity contribution in [3.8, 4) is 0 Å². The topological polar surface area (TPSA) is 87.2 Å². The fraction of sp³-hybridized carbons (Fsp3) is 0.800. The van der Waals surface area contributed by atoms with Crippen molar-refractivity contribution in [2.24, 2.45) is 0 Å². The Morgan fingerprint density at radius 3 is 2.09 bits per heavy atom. The second-order valence-corrected chi connectivity index (χ2v) is 6.86. The Balaban J connectivity index is 2.08. The highest BCUT2D eigenvalue weighted by atomic mass is 16.6. The molecule has 22 heavy (non-hydrogen) atoms. The lowest BCUT2D eigenvalue weighted by Gasteiger charge is -2.31. The lowest BCUT2D eigenvalue weighted by molar-refractivity contribution is -0.149. The standard InChI is InChI=1S/C15H24N2O5/c1-15(2,3)22-14(21)17-9-4-6-10(17)12(18)16-8-5-7-11(16)13(19)20/h10-11H,4-9H2,1-3H3,(H,19,20)/t10-,11+/m1/s1. The Labute approximate surface area is 130 Å². The van der Waals surface area contributed by atoms with Gasteiger partial charge in [-0.1, -0.05) is 0 Å². The van der Waals surface area contributed by atoms with Crippen LogP contribution in [0.2, 0.25) is 0 Å². The average molecular weight is 312 g/mol. The summed E-state index contributed by atoms with van der Waals surface area (Å²) in [5, 5.41) is 9.20. The molecule has 0 radical (unpaired) electrons. The summed E-state index contributed by atoms with van der Waals surface area (Å²) in [6.07, 6.45) is 1.93. The number of hydrogen-bond acceptors (Lipinski definition) is 4. The predicted octanol–water partition coefficient (Wildman–Crippen LogP) is 1.46. The molecule has 0 saturated carbocycles. The number of amides is 2. The molecule has 2 saturated heterocycles. The zero-order chi connectivity index (χ0) is 16.5. The molecule has 1 N–H and O–H groups in total. The Hall–Kier alpha value is -1.79. The molecule has 2 amide bonds. The summed E-state index contributed by atoms with van der Waals surface area (Å²) in [7, 11) is 0. The number of rotatable bonds is 2. The molecule has 2 atom stereocenters. The minimum Gasteiger partial charge on any atom is -0.480 e. The van der Waals surface area contributed by atoms with Gasteiger partial charge in [0.05, 0.1) is 0 Å². The van der Waals surface area contributed by atoms with Crippen LogP contribution in [0.5, 0.6) is 0 Å². The Kier molecular flexibility index (Phi) is 4.63. The molecule has 0 spiro atoms. The number of carbonyl (C=O) groups is 3. The van der Waals surface area contributed by atoms with Gasteiger partial charge in [-0.15, -0.1) is 0 Å². The van der Waals surface area contributed by atoms with Crippen LogP contribution in [0.25, 0.3) is 0 Å². The highest BCUT2D eigenvalue weighted by molar-refractivity contribution is 5.90. The van der Waals surface area contributed by atoms with Gasteiger partial charge in [0.1, 0.15) is 17.7 Å². The lowest BCUT2D eigenvalue weighted by Crippen LogP contribution is -2.51. The maximum absolute atomic E-state index is 12.7. The van der Waals surface area contributed by atoms with E-state index in [9.17, 15) is 19.5 Å². The fourth-order valence-electron chi connectivity index (χ4n) is 3.04. The molecule has 2 heterocycles. The van der Waals surface area contributed by atoms with Gasteiger partial charge < -0.3 is 14.7 Å². The van der Waals surface area contributed by atoms with Gasteiger partial charge in [0.2, 0.25) is 5.91 Å². The molecule has 2 rings (SSSR count). The van der Waals surface area contributed by atoms with E-state index >= 15 is 0 Å². The number of carboxylic acids is 1. The number of nitrogens with zero attached hydrogens (tertiary/aromatic N) is 2. The first-order valence-corrected chi connectivity index (χ1v) is 7.73. The van der Waals surface area contributed by atoms with E-state index in [-0.39, 0.29) is 5.91 Å². The van der Waals surface area contributed by atoms with Gasteiger partial charge in [-0.3, -0.25) is 9.69 Å². The molecule has 0 aromatic rings. The Bertz CT molecular complexity index is 471. The van der Waals surface area contributed by atoms with E-state index in [1.807, 2.05) is 0 Å². The SMILES string of the molecule is CC(C)(C)OC(=O)N1CCC[C@@H]1C(=O)N1CCC[C@H]1C(=O)O. The lowest BCUT2D eigenvalue weighted by atomic mass is 10.1. The van der Waals surface area contributed by atoms with Crippen molar-refractivity contribution in [3.63, 3.8) is 0 Å². The van der Waals surface area contributed by atoms with Crippen LogP contribution in [0.15, 0.2) is 0 Å². The van der Waals surface area contributed by atoms with Crippen LogP contribution in [0.1, 0.15) is 46.5 Å². The third-order valence-electron chi connectivity index (χ3n) is 3.99. The molecule has 0 aromatic carbocycles. The molecule has 2 aliphatic heterocycles. The summed E-state index contributed by atoms with van der Waals surface area (Å²) in [4.78, 5) is 38.9. The highest BCUT2D eigenvalue weighted by Gasteiger charge is 2.43. The largest absolute Gasteiger partial charge is 0.480 e. The van der Waals surface area contributed by atoms with Crippen LogP contribution >= 0.6 is 0 Å².